The van der Waals surface area contributed by atoms with E-state index in [1.165, 1.54) is 18.2 Å². The first-order valence-electron chi connectivity index (χ1n) is 5.11. The molecule has 3 N–H and O–H groups in total. The topological polar surface area (TPSA) is 97.5 Å². The Morgan fingerprint density at radius 3 is 2.61 bits per heavy atom. The molecule has 1 rings (SSSR count). The number of thiocarbonyl (C=S) groups is 1. The molecule has 0 radical (unpaired) electrons. The largest absolute Gasteiger partial charge is 0.478 e. The van der Waals surface area contributed by atoms with Gasteiger partial charge in [0.2, 0.25) is 0 Å². The van der Waals surface area contributed by atoms with Gasteiger partial charge in [-0.15, -0.1) is 0 Å². The van der Waals surface area contributed by atoms with Crippen LogP contribution in [0.3, 0.4) is 0 Å². The quantitative estimate of drug-likeness (QED) is 0.757. The van der Waals surface area contributed by atoms with Crippen LogP contribution in [0.15, 0.2) is 24.3 Å². The van der Waals surface area contributed by atoms with E-state index in [9.17, 15) is 13.2 Å². The second-order valence-electron chi connectivity index (χ2n) is 3.81. The van der Waals surface area contributed by atoms with Gasteiger partial charge in [-0.25, -0.2) is 13.2 Å². The van der Waals surface area contributed by atoms with Gasteiger partial charge in [0.15, 0.2) is 9.84 Å². The lowest BCUT2D eigenvalue weighted by Gasteiger charge is -2.05. The van der Waals surface area contributed by atoms with Gasteiger partial charge in [0, 0.05) is 6.42 Å². The van der Waals surface area contributed by atoms with Crippen LogP contribution in [0.25, 0.3) is 0 Å². The third-order valence-electron chi connectivity index (χ3n) is 2.22. The van der Waals surface area contributed by atoms with Gasteiger partial charge >= 0.3 is 5.97 Å². The van der Waals surface area contributed by atoms with Crippen molar-refractivity contribution in [3.8, 4) is 0 Å². The van der Waals surface area contributed by atoms with Gasteiger partial charge in [-0.05, 0) is 17.7 Å². The maximum atomic E-state index is 11.7. The molecule has 0 unspecified atom stereocenters. The molecular weight excluding hydrogens is 274 g/mol. The van der Waals surface area contributed by atoms with Crippen molar-refractivity contribution in [2.45, 2.75) is 12.2 Å². The number of carboxylic acids is 1. The number of carboxylic acid groups (broad SMARTS) is 1. The zero-order valence-electron chi connectivity index (χ0n) is 9.50. The zero-order valence-corrected chi connectivity index (χ0v) is 11.1. The Hall–Kier alpha value is -1.47. The summed E-state index contributed by atoms with van der Waals surface area (Å²) in [5.74, 6) is -1.42. The molecule has 7 heteroatoms. The molecule has 0 aromatic heterocycles. The lowest BCUT2D eigenvalue weighted by atomic mass is 10.1. The molecule has 0 atom stereocenters. The molecule has 0 spiro atoms. The SMILES string of the molecule is NC(=S)CCS(=O)(=O)Cc1cccc(C(=O)O)c1. The van der Waals surface area contributed by atoms with Crippen molar-refractivity contribution in [3.05, 3.63) is 35.4 Å². The summed E-state index contributed by atoms with van der Waals surface area (Å²) in [6.45, 7) is 0. The van der Waals surface area contributed by atoms with Crippen molar-refractivity contribution in [2.24, 2.45) is 5.73 Å². The summed E-state index contributed by atoms with van der Waals surface area (Å²) in [7, 11) is -3.33. The van der Waals surface area contributed by atoms with Gasteiger partial charge in [0.05, 0.1) is 22.1 Å². The van der Waals surface area contributed by atoms with Crippen LogP contribution in [-0.2, 0) is 15.6 Å². The number of sulfone groups is 1. The molecule has 0 aliphatic rings. The highest BCUT2D eigenvalue weighted by Gasteiger charge is 2.13. The molecule has 0 fully saturated rings. The maximum absolute atomic E-state index is 11.7. The van der Waals surface area contributed by atoms with E-state index in [1.54, 1.807) is 6.07 Å². The van der Waals surface area contributed by atoms with Gasteiger partial charge < -0.3 is 10.8 Å². The van der Waals surface area contributed by atoms with E-state index in [-0.39, 0.29) is 28.5 Å². The van der Waals surface area contributed by atoms with E-state index in [2.05, 4.69) is 12.2 Å². The Bertz CT molecular complexity index is 566. The summed E-state index contributed by atoms with van der Waals surface area (Å²) in [5.41, 5.74) is 5.76. The number of hydrogen-bond acceptors (Lipinski definition) is 4. The summed E-state index contributed by atoms with van der Waals surface area (Å²) in [6.07, 6.45) is 0.135. The Kier molecular flexibility index (Phi) is 4.80. The minimum absolute atomic E-state index is 0.0667. The van der Waals surface area contributed by atoms with Crippen LogP contribution < -0.4 is 5.73 Å². The van der Waals surface area contributed by atoms with Crippen LogP contribution in [0, 0.1) is 0 Å². The highest BCUT2D eigenvalue weighted by molar-refractivity contribution is 7.90. The highest BCUT2D eigenvalue weighted by Crippen LogP contribution is 2.10. The summed E-state index contributed by atoms with van der Waals surface area (Å²) in [6, 6.07) is 5.85. The van der Waals surface area contributed by atoms with E-state index >= 15 is 0 Å². The lowest BCUT2D eigenvalue weighted by Crippen LogP contribution is -2.17. The summed E-state index contributed by atoms with van der Waals surface area (Å²) in [4.78, 5) is 10.9. The van der Waals surface area contributed by atoms with Crippen molar-refractivity contribution < 1.29 is 18.3 Å². The molecular formula is C11H13NO4S2. The van der Waals surface area contributed by atoms with Crippen molar-refractivity contribution >= 4 is 33.0 Å². The maximum Gasteiger partial charge on any atom is 0.335 e. The molecule has 18 heavy (non-hydrogen) atoms. The Balaban J connectivity index is 2.81. The van der Waals surface area contributed by atoms with Crippen LogP contribution in [0.4, 0.5) is 0 Å². The monoisotopic (exact) mass is 287 g/mol. The Morgan fingerprint density at radius 2 is 2.06 bits per heavy atom. The third kappa shape index (κ3) is 4.80. The highest BCUT2D eigenvalue weighted by atomic mass is 32.2. The van der Waals surface area contributed by atoms with Gasteiger partial charge in [0.1, 0.15) is 0 Å². The first-order valence-corrected chi connectivity index (χ1v) is 7.34. The number of hydrogen-bond donors (Lipinski definition) is 2. The smallest absolute Gasteiger partial charge is 0.335 e. The van der Waals surface area contributed by atoms with Crippen LogP contribution in [0.2, 0.25) is 0 Å². The summed E-state index contributed by atoms with van der Waals surface area (Å²) < 4.78 is 23.4. The minimum atomic E-state index is -3.33. The molecule has 98 valence electrons. The second kappa shape index (κ2) is 5.92. The molecule has 0 saturated heterocycles. The fourth-order valence-corrected chi connectivity index (χ4v) is 2.97. The average Bonchev–Trinajstić information content (AvgIpc) is 2.26. The normalized spacial score (nSPS) is 11.1. The van der Waals surface area contributed by atoms with E-state index < -0.39 is 15.8 Å². The molecule has 1 aromatic carbocycles. The average molecular weight is 287 g/mol. The van der Waals surface area contributed by atoms with E-state index in [0.717, 1.165) is 0 Å². The van der Waals surface area contributed by atoms with Gasteiger partial charge in [0.25, 0.3) is 0 Å². The fourth-order valence-electron chi connectivity index (χ4n) is 1.38. The van der Waals surface area contributed by atoms with Crippen molar-refractivity contribution in [2.75, 3.05) is 5.75 Å². The predicted octanol–water partition coefficient (Wildman–Crippen LogP) is 0.976. The van der Waals surface area contributed by atoms with Gasteiger partial charge in [-0.2, -0.15) is 0 Å². The first kappa shape index (κ1) is 14.6. The van der Waals surface area contributed by atoms with Crippen molar-refractivity contribution in [1.82, 2.24) is 0 Å². The summed E-state index contributed by atoms with van der Waals surface area (Å²) >= 11 is 4.62. The van der Waals surface area contributed by atoms with Crippen LogP contribution in [0.1, 0.15) is 22.3 Å². The van der Waals surface area contributed by atoms with Crippen LogP contribution >= 0.6 is 12.2 Å². The van der Waals surface area contributed by atoms with E-state index in [1.807, 2.05) is 0 Å². The zero-order chi connectivity index (χ0) is 13.8. The van der Waals surface area contributed by atoms with Crippen LogP contribution in [0.5, 0.6) is 0 Å². The molecule has 0 saturated carbocycles. The van der Waals surface area contributed by atoms with E-state index in [0.29, 0.717) is 5.56 Å². The Labute approximate surface area is 111 Å². The molecule has 0 aliphatic carbocycles. The number of rotatable bonds is 6. The Morgan fingerprint density at radius 1 is 1.39 bits per heavy atom. The third-order valence-corrected chi connectivity index (χ3v) is 4.02. The molecule has 0 heterocycles. The molecule has 0 bridgehead atoms. The van der Waals surface area contributed by atoms with Gasteiger partial charge in [-0.3, -0.25) is 0 Å². The first-order chi connectivity index (χ1) is 8.30. The minimum Gasteiger partial charge on any atom is -0.478 e. The molecule has 0 aliphatic heterocycles. The second-order valence-corrected chi connectivity index (χ2v) is 6.52. The van der Waals surface area contributed by atoms with Crippen molar-refractivity contribution in [1.29, 1.82) is 0 Å². The van der Waals surface area contributed by atoms with Gasteiger partial charge in [-0.1, -0.05) is 24.4 Å². The molecule has 0 amide bonds. The fraction of sp³-hybridized carbons (Fsp3) is 0.273. The molecule has 5 nitrogen and oxygen atoms in total. The number of benzene rings is 1. The lowest BCUT2D eigenvalue weighted by molar-refractivity contribution is 0.0696. The number of carbonyl (C=O) groups is 1. The van der Waals surface area contributed by atoms with Crippen molar-refractivity contribution in [3.63, 3.8) is 0 Å². The number of aromatic carboxylic acids is 1. The van der Waals surface area contributed by atoms with E-state index in [4.69, 9.17) is 10.8 Å². The molecule has 1 aromatic rings. The number of nitrogens with two attached hydrogens (primary N) is 1. The predicted molar refractivity (Wildman–Crippen MR) is 72.3 cm³/mol. The standard InChI is InChI=1S/C11H13NO4S2/c12-10(17)4-5-18(15,16)7-8-2-1-3-9(6-8)11(13)14/h1-3,6H,4-5,7H2,(H2,12,17)(H,13,14). The summed E-state index contributed by atoms with van der Waals surface area (Å²) in [5, 5.41) is 8.80. The van der Waals surface area contributed by atoms with Crippen LogP contribution in [-0.4, -0.2) is 30.2 Å².